The molecule has 0 aliphatic carbocycles. The first kappa shape index (κ1) is 19.0. The van der Waals surface area contributed by atoms with Crippen molar-refractivity contribution in [2.45, 2.75) is 0 Å². The Hall–Kier alpha value is -4.32. The van der Waals surface area contributed by atoms with Gasteiger partial charge in [-0.3, -0.25) is 14.4 Å². The zero-order valence-corrected chi connectivity index (χ0v) is 15.7. The van der Waals surface area contributed by atoms with Gasteiger partial charge in [0, 0.05) is 33.4 Å². The highest BCUT2D eigenvalue weighted by atomic mass is 16.1. The molecule has 0 amide bonds. The Kier molecular flexibility index (Phi) is 5.30. The topological polar surface area (TPSA) is 89.9 Å². The maximum Gasteiger partial charge on any atom is 0.164 e. The van der Waals surface area contributed by atoms with Gasteiger partial charge in [-0.25, -0.2) is 15.0 Å². The summed E-state index contributed by atoms with van der Waals surface area (Å²) < 4.78 is 0. The Morgan fingerprint density at radius 1 is 0.467 bits per heavy atom. The molecule has 0 radical (unpaired) electrons. The van der Waals surface area contributed by atoms with E-state index in [-0.39, 0.29) is 0 Å². The summed E-state index contributed by atoms with van der Waals surface area (Å²) in [4.78, 5) is 47.3. The van der Waals surface area contributed by atoms with Crippen molar-refractivity contribution in [1.82, 2.24) is 15.0 Å². The molecule has 1 heterocycles. The molecule has 6 nitrogen and oxygen atoms in total. The number of carbonyl (C=O) groups excluding carboxylic acids is 3. The summed E-state index contributed by atoms with van der Waals surface area (Å²) in [5.41, 5.74) is 3.47. The van der Waals surface area contributed by atoms with Gasteiger partial charge in [0.15, 0.2) is 17.5 Å². The molecule has 0 spiro atoms. The van der Waals surface area contributed by atoms with Crippen LogP contribution in [-0.2, 0) is 0 Å². The highest BCUT2D eigenvalue weighted by molar-refractivity contribution is 5.80. The van der Waals surface area contributed by atoms with E-state index in [2.05, 4.69) is 15.0 Å². The molecular weight excluding hydrogens is 378 g/mol. The molecule has 0 bridgehead atoms. The van der Waals surface area contributed by atoms with Crippen LogP contribution in [0.1, 0.15) is 31.1 Å². The number of benzene rings is 3. The smallest absolute Gasteiger partial charge is 0.164 e. The monoisotopic (exact) mass is 393 g/mol. The molecule has 30 heavy (non-hydrogen) atoms. The van der Waals surface area contributed by atoms with Gasteiger partial charge in [0.05, 0.1) is 0 Å². The lowest BCUT2D eigenvalue weighted by molar-refractivity contribution is 0.111. The van der Waals surface area contributed by atoms with Gasteiger partial charge in [-0.1, -0.05) is 54.6 Å². The summed E-state index contributed by atoms with van der Waals surface area (Å²) in [5, 5.41) is 0. The lowest BCUT2D eigenvalue weighted by Gasteiger charge is -2.09. The SMILES string of the molecule is O=Cc1cccc(-c2nc(-c3cccc(C=O)c3)nc(-c3cccc(C=O)c3)n2)c1. The fraction of sp³-hybridized carbons (Fsp3) is 0. The van der Waals surface area contributed by atoms with Gasteiger partial charge in [0.1, 0.15) is 18.9 Å². The number of hydrogen-bond donors (Lipinski definition) is 0. The van der Waals surface area contributed by atoms with E-state index in [9.17, 15) is 14.4 Å². The minimum absolute atomic E-state index is 0.381. The number of aromatic nitrogens is 3. The zero-order chi connectivity index (χ0) is 20.9. The van der Waals surface area contributed by atoms with Crippen molar-refractivity contribution < 1.29 is 14.4 Å². The van der Waals surface area contributed by atoms with Crippen LogP contribution in [0.15, 0.2) is 72.8 Å². The molecule has 0 aliphatic rings. The van der Waals surface area contributed by atoms with Gasteiger partial charge in [-0.15, -0.1) is 0 Å². The summed E-state index contributed by atoms with van der Waals surface area (Å²) in [7, 11) is 0. The molecule has 0 unspecified atom stereocenters. The predicted octanol–water partition coefficient (Wildman–Crippen LogP) is 4.31. The first-order valence-corrected chi connectivity index (χ1v) is 9.13. The van der Waals surface area contributed by atoms with Crippen LogP contribution in [0.2, 0.25) is 0 Å². The molecule has 0 saturated heterocycles. The Labute approximate surface area is 172 Å². The van der Waals surface area contributed by atoms with Crippen LogP contribution >= 0.6 is 0 Å². The highest BCUT2D eigenvalue weighted by Gasteiger charge is 2.13. The number of rotatable bonds is 6. The summed E-state index contributed by atoms with van der Waals surface area (Å²) in [6.07, 6.45) is 2.27. The largest absolute Gasteiger partial charge is 0.298 e. The fourth-order valence-electron chi connectivity index (χ4n) is 3.02. The average molecular weight is 393 g/mol. The van der Waals surface area contributed by atoms with Crippen molar-refractivity contribution in [3.8, 4) is 34.2 Å². The second-order valence-corrected chi connectivity index (χ2v) is 6.54. The van der Waals surface area contributed by atoms with Crippen molar-refractivity contribution in [3.05, 3.63) is 89.5 Å². The van der Waals surface area contributed by atoms with E-state index in [0.717, 1.165) is 18.9 Å². The van der Waals surface area contributed by atoms with E-state index in [1.165, 1.54) is 0 Å². The van der Waals surface area contributed by atoms with Crippen molar-refractivity contribution in [3.63, 3.8) is 0 Å². The van der Waals surface area contributed by atoms with Crippen molar-refractivity contribution in [2.75, 3.05) is 0 Å². The van der Waals surface area contributed by atoms with Crippen molar-refractivity contribution in [2.24, 2.45) is 0 Å². The fourth-order valence-corrected chi connectivity index (χ4v) is 3.02. The van der Waals surface area contributed by atoms with Crippen LogP contribution < -0.4 is 0 Å². The quantitative estimate of drug-likeness (QED) is 0.454. The van der Waals surface area contributed by atoms with Gasteiger partial charge in [0.25, 0.3) is 0 Å². The van der Waals surface area contributed by atoms with Crippen LogP contribution in [-0.4, -0.2) is 33.8 Å². The van der Waals surface area contributed by atoms with Gasteiger partial charge in [-0.2, -0.15) is 0 Å². The van der Waals surface area contributed by atoms with E-state index in [1.807, 2.05) is 0 Å². The minimum atomic E-state index is 0.381. The molecular formula is C24H15N3O3. The number of hydrogen-bond acceptors (Lipinski definition) is 6. The zero-order valence-electron chi connectivity index (χ0n) is 15.7. The van der Waals surface area contributed by atoms with E-state index in [0.29, 0.717) is 50.9 Å². The van der Waals surface area contributed by atoms with Crippen LogP contribution in [0.4, 0.5) is 0 Å². The molecule has 0 aliphatic heterocycles. The molecule has 3 aromatic carbocycles. The maximum atomic E-state index is 11.2. The van der Waals surface area contributed by atoms with Gasteiger partial charge in [-0.05, 0) is 18.2 Å². The Balaban J connectivity index is 1.94. The lowest BCUT2D eigenvalue weighted by atomic mass is 10.1. The normalized spacial score (nSPS) is 10.4. The summed E-state index contributed by atoms with van der Waals surface area (Å²) >= 11 is 0. The van der Waals surface area contributed by atoms with Gasteiger partial charge >= 0.3 is 0 Å². The molecule has 144 valence electrons. The second-order valence-electron chi connectivity index (χ2n) is 6.54. The third-order valence-corrected chi connectivity index (χ3v) is 4.48. The molecule has 4 aromatic rings. The highest BCUT2D eigenvalue weighted by Crippen LogP contribution is 2.25. The average Bonchev–Trinajstić information content (AvgIpc) is 2.83. The van der Waals surface area contributed by atoms with Crippen molar-refractivity contribution >= 4 is 18.9 Å². The molecule has 4 rings (SSSR count). The van der Waals surface area contributed by atoms with Crippen LogP contribution in [0.3, 0.4) is 0 Å². The van der Waals surface area contributed by atoms with Gasteiger partial charge in [0.2, 0.25) is 0 Å². The molecule has 0 atom stereocenters. The van der Waals surface area contributed by atoms with Crippen LogP contribution in [0.25, 0.3) is 34.2 Å². The molecule has 0 saturated carbocycles. The van der Waals surface area contributed by atoms with E-state index >= 15 is 0 Å². The number of aldehydes is 3. The maximum absolute atomic E-state index is 11.2. The van der Waals surface area contributed by atoms with E-state index < -0.39 is 0 Å². The van der Waals surface area contributed by atoms with Crippen molar-refractivity contribution in [1.29, 1.82) is 0 Å². The Bertz CT molecular complexity index is 1100. The Morgan fingerprint density at radius 2 is 0.767 bits per heavy atom. The first-order chi connectivity index (χ1) is 14.7. The first-order valence-electron chi connectivity index (χ1n) is 9.13. The van der Waals surface area contributed by atoms with Crippen LogP contribution in [0, 0.1) is 0 Å². The molecule has 0 fully saturated rings. The number of nitrogens with zero attached hydrogens (tertiary/aromatic N) is 3. The molecule has 1 aromatic heterocycles. The second kappa shape index (κ2) is 8.36. The number of carbonyl (C=O) groups is 3. The van der Waals surface area contributed by atoms with Gasteiger partial charge < -0.3 is 0 Å². The molecule has 0 N–H and O–H groups in total. The summed E-state index contributed by atoms with van der Waals surface area (Å²) in [5.74, 6) is 1.14. The summed E-state index contributed by atoms with van der Waals surface area (Å²) in [6, 6.07) is 20.8. The Morgan fingerprint density at radius 3 is 1.03 bits per heavy atom. The van der Waals surface area contributed by atoms with E-state index in [4.69, 9.17) is 0 Å². The molecule has 6 heteroatoms. The third kappa shape index (κ3) is 3.93. The minimum Gasteiger partial charge on any atom is -0.298 e. The standard InChI is InChI=1S/C24H15N3O3/c28-13-16-4-1-7-19(10-16)22-25-23(20-8-2-5-17(11-20)14-29)27-24(26-22)21-9-3-6-18(12-21)15-30/h1-15H. The summed E-state index contributed by atoms with van der Waals surface area (Å²) in [6.45, 7) is 0. The predicted molar refractivity (Wildman–Crippen MR) is 112 cm³/mol. The lowest BCUT2D eigenvalue weighted by Crippen LogP contribution is -2.01. The van der Waals surface area contributed by atoms with Crippen LogP contribution in [0.5, 0.6) is 0 Å². The van der Waals surface area contributed by atoms with E-state index in [1.54, 1.807) is 72.8 Å². The third-order valence-electron chi connectivity index (χ3n) is 4.48.